The van der Waals surface area contributed by atoms with Crippen LogP contribution in [0.15, 0.2) is 103 Å². The quantitative estimate of drug-likeness (QED) is 0.182. The number of pyridine rings is 1. The molecule has 0 atom stereocenters. The first-order valence-electron chi connectivity index (χ1n) is 17.9. The zero-order chi connectivity index (χ0) is 36.0. The average molecular weight is 680 g/mol. The van der Waals surface area contributed by atoms with Gasteiger partial charge in [-0.1, -0.05) is 24.3 Å². The topological polar surface area (TPSA) is 49.8 Å². The molecule has 9 aromatic rings. The van der Waals surface area contributed by atoms with Gasteiger partial charge in [0, 0.05) is 51.6 Å². The van der Waals surface area contributed by atoms with E-state index >= 15 is 0 Å². The van der Waals surface area contributed by atoms with Crippen LogP contribution in [0.3, 0.4) is 0 Å². The van der Waals surface area contributed by atoms with Gasteiger partial charge in [-0.25, -0.2) is 9.67 Å². The third-order valence-electron chi connectivity index (χ3n) is 11.2. The van der Waals surface area contributed by atoms with Gasteiger partial charge in [0.25, 0.3) is 0 Å². The molecule has 0 saturated heterocycles. The first-order chi connectivity index (χ1) is 25.1. The standard InChI is InChI=1S/C46H41N5O/c1-26-20-40-41-21-27(2)31(6)33(8)46(41)49(45(40)32(7)30(26)5)34-18-19-47-44(24-34)50-42-15-10-9-14-38(42)39-17-16-37(25-43(39)50)52-36-13-11-12-35(23-36)51-29(4)22-28(3)48-51/h9-25H,1-8H3. The molecule has 0 N–H and O–H groups in total. The molecule has 0 radical (unpaired) electrons. The summed E-state index contributed by atoms with van der Waals surface area (Å²) in [5.74, 6) is 2.36. The summed E-state index contributed by atoms with van der Waals surface area (Å²) in [5, 5.41) is 9.57. The third kappa shape index (κ3) is 4.78. The van der Waals surface area contributed by atoms with Gasteiger partial charge in [0.15, 0.2) is 0 Å². The van der Waals surface area contributed by atoms with E-state index in [-0.39, 0.29) is 0 Å². The molecule has 0 aliphatic rings. The van der Waals surface area contributed by atoms with Crippen LogP contribution in [0.1, 0.15) is 44.8 Å². The van der Waals surface area contributed by atoms with Crippen molar-refractivity contribution < 1.29 is 4.74 Å². The Morgan fingerprint density at radius 2 is 1.17 bits per heavy atom. The van der Waals surface area contributed by atoms with E-state index in [1.165, 1.54) is 60.6 Å². The Bertz CT molecular complexity index is 2850. The molecule has 0 amide bonds. The van der Waals surface area contributed by atoms with Crippen molar-refractivity contribution in [2.75, 3.05) is 0 Å². The van der Waals surface area contributed by atoms with Gasteiger partial charge in [-0.05, 0) is 143 Å². The van der Waals surface area contributed by atoms with Crippen LogP contribution in [-0.4, -0.2) is 23.9 Å². The molecular formula is C46H41N5O. The van der Waals surface area contributed by atoms with E-state index in [1.807, 2.05) is 36.0 Å². The minimum atomic E-state index is 0.750. The van der Waals surface area contributed by atoms with Crippen LogP contribution in [0.25, 0.3) is 60.8 Å². The van der Waals surface area contributed by atoms with Crippen LogP contribution in [0.4, 0.5) is 0 Å². The van der Waals surface area contributed by atoms with Crippen LogP contribution < -0.4 is 4.74 Å². The molecule has 52 heavy (non-hydrogen) atoms. The highest BCUT2D eigenvalue weighted by Crippen LogP contribution is 2.41. The number of ether oxygens (including phenoxy) is 1. The van der Waals surface area contributed by atoms with Crippen LogP contribution in [0.2, 0.25) is 0 Å². The fourth-order valence-electron chi connectivity index (χ4n) is 8.13. The minimum absolute atomic E-state index is 0.750. The van der Waals surface area contributed by atoms with Crippen LogP contribution in [-0.2, 0) is 0 Å². The number of hydrogen-bond donors (Lipinski definition) is 0. The van der Waals surface area contributed by atoms with Crippen LogP contribution in [0.5, 0.6) is 11.5 Å². The lowest BCUT2D eigenvalue weighted by molar-refractivity contribution is 0.482. The maximum Gasteiger partial charge on any atom is 0.139 e. The highest BCUT2D eigenvalue weighted by molar-refractivity contribution is 6.13. The van der Waals surface area contributed by atoms with Crippen molar-refractivity contribution in [3.8, 4) is 28.7 Å². The average Bonchev–Trinajstić information content (AvgIpc) is 3.77. The highest BCUT2D eigenvalue weighted by Gasteiger charge is 2.21. The molecule has 0 aliphatic heterocycles. The number of aromatic nitrogens is 5. The maximum atomic E-state index is 6.55. The Labute approximate surface area is 303 Å². The Morgan fingerprint density at radius 3 is 1.87 bits per heavy atom. The molecule has 0 fully saturated rings. The van der Waals surface area contributed by atoms with E-state index in [0.29, 0.717) is 0 Å². The maximum absolute atomic E-state index is 6.55. The second kappa shape index (κ2) is 11.7. The number of fused-ring (bicyclic) bond motifs is 6. The highest BCUT2D eigenvalue weighted by atomic mass is 16.5. The van der Waals surface area contributed by atoms with E-state index < -0.39 is 0 Å². The van der Waals surface area contributed by atoms with Crippen molar-refractivity contribution in [3.63, 3.8) is 0 Å². The van der Waals surface area contributed by atoms with Crippen molar-refractivity contribution in [3.05, 3.63) is 148 Å². The Kier molecular flexibility index (Phi) is 7.16. The molecular weight excluding hydrogens is 639 g/mol. The Hall–Kier alpha value is -6.14. The second-order valence-corrected chi connectivity index (χ2v) is 14.4. The summed E-state index contributed by atoms with van der Waals surface area (Å²) >= 11 is 0. The zero-order valence-corrected chi connectivity index (χ0v) is 31.0. The molecule has 0 spiro atoms. The minimum Gasteiger partial charge on any atom is -0.457 e. The lowest BCUT2D eigenvalue weighted by atomic mass is 9.97. The van der Waals surface area contributed by atoms with Crippen LogP contribution in [0, 0.1) is 55.4 Å². The largest absolute Gasteiger partial charge is 0.457 e. The van der Waals surface area contributed by atoms with Crippen molar-refractivity contribution in [2.24, 2.45) is 0 Å². The zero-order valence-electron chi connectivity index (χ0n) is 31.0. The second-order valence-electron chi connectivity index (χ2n) is 14.4. The van der Waals surface area contributed by atoms with Gasteiger partial charge in [0.05, 0.1) is 39.1 Å². The molecule has 6 heteroatoms. The smallest absolute Gasteiger partial charge is 0.139 e. The number of hydrogen-bond acceptors (Lipinski definition) is 3. The van der Waals surface area contributed by atoms with Gasteiger partial charge in [-0.15, -0.1) is 0 Å². The summed E-state index contributed by atoms with van der Waals surface area (Å²) in [6.07, 6.45) is 1.94. The van der Waals surface area contributed by atoms with Gasteiger partial charge in [-0.2, -0.15) is 5.10 Å². The first-order valence-corrected chi connectivity index (χ1v) is 17.9. The van der Waals surface area contributed by atoms with Crippen molar-refractivity contribution >= 4 is 43.6 Å². The summed E-state index contributed by atoms with van der Waals surface area (Å²) in [5.41, 5.74) is 16.6. The van der Waals surface area contributed by atoms with Gasteiger partial charge in [0.1, 0.15) is 17.3 Å². The van der Waals surface area contributed by atoms with E-state index in [2.05, 4.69) is 142 Å². The van der Waals surface area contributed by atoms with Gasteiger partial charge < -0.3 is 9.30 Å². The summed E-state index contributed by atoms with van der Waals surface area (Å²) < 4.78 is 13.2. The molecule has 4 aromatic heterocycles. The van der Waals surface area contributed by atoms with Crippen molar-refractivity contribution in [1.29, 1.82) is 0 Å². The summed E-state index contributed by atoms with van der Waals surface area (Å²) in [4.78, 5) is 5.03. The van der Waals surface area contributed by atoms with E-state index in [9.17, 15) is 0 Å². The number of aryl methyl sites for hydroxylation is 6. The van der Waals surface area contributed by atoms with Crippen LogP contribution >= 0.6 is 0 Å². The normalized spacial score (nSPS) is 11.8. The van der Waals surface area contributed by atoms with Crippen molar-refractivity contribution in [1.82, 2.24) is 23.9 Å². The van der Waals surface area contributed by atoms with Gasteiger partial charge >= 0.3 is 0 Å². The van der Waals surface area contributed by atoms with E-state index in [1.54, 1.807) is 0 Å². The number of nitrogens with zero attached hydrogens (tertiary/aromatic N) is 5. The number of rotatable bonds is 5. The van der Waals surface area contributed by atoms with Gasteiger partial charge in [0.2, 0.25) is 0 Å². The fourth-order valence-corrected chi connectivity index (χ4v) is 8.13. The molecule has 9 rings (SSSR count). The summed E-state index contributed by atoms with van der Waals surface area (Å²) in [6, 6.07) is 34.2. The lowest BCUT2D eigenvalue weighted by Crippen LogP contribution is -2.03. The summed E-state index contributed by atoms with van der Waals surface area (Å²) in [6.45, 7) is 17.5. The molecule has 0 unspecified atom stereocenters. The molecule has 0 bridgehead atoms. The number of benzene rings is 5. The first kappa shape index (κ1) is 31.8. The molecule has 0 aliphatic carbocycles. The van der Waals surface area contributed by atoms with Crippen molar-refractivity contribution in [2.45, 2.75) is 55.4 Å². The predicted octanol–water partition coefficient (Wildman–Crippen LogP) is 11.7. The predicted molar refractivity (Wildman–Crippen MR) is 214 cm³/mol. The SMILES string of the molecule is Cc1cc(C)n(-c2cccc(Oc3ccc4c5ccccc5n(-c5cc(-n6c7c(C)c(C)c(C)cc7c7cc(C)c(C)c(C)c76)ccn5)c4c3)c2)n1. The monoisotopic (exact) mass is 679 g/mol. The molecule has 256 valence electrons. The Balaban J connectivity index is 1.23. The Morgan fingerprint density at radius 1 is 0.500 bits per heavy atom. The molecule has 4 heterocycles. The van der Waals surface area contributed by atoms with E-state index in [0.717, 1.165) is 56.5 Å². The fraction of sp³-hybridized carbons (Fsp3) is 0.174. The summed E-state index contributed by atoms with van der Waals surface area (Å²) in [7, 11) is 0. The van der Waals surface area contributed by atoms with E-state index in [4.69, 9.17) is 9.72 Å². The van der Waals surface area contributed by atoms with Gasteiger partial charge in [-0.3, -0.25) is 4.57 Å². The third-order valence-corrected chi connectivity index (χ3v) is 11.2. The molecule has 0 saturated carbocycles. The lowest BCUT2D eigenvalue weighted by Gasteiger charge is -2.16. The molecule has 5 aromatic carbocycles. The molecule has 6 nitrogen and oxygen atoms in total. The number of para-hydroxylation sites is 1.